The van der Waals surface area contributed by atoms with Crippen LogP contribution < -0.4 is 10.9 Å². The quantitative estimate of drug-likeness (QED) is 0.106. The van der Waals surface area contributed by atoms with Gasteiger partial charge < -0.3 is 39.2 Å². The molecule has 11 heteroatoms. The van der Waals surface area contributed by atoms with Crippen molar-refractivity contribution in [3.8, 4) is 11.1 Å². The number of rotatable bonds is 24. The maximum Gasteiger partial charge on any atom is 0.305 e. The summed E-state index contributed by atoms with van der Waals surface area (Å²) in [6.45, 7) is 14.5. The van der Waals surface area contributed by atoms with Crippen molar-refractivity contribution in [2.75, 3.05) is 66.4 Å². The van der Waals surface area contributed by atoms with Gasteiger partial charge in [-0.25, -0.2) is 0 Å². The molecule has 0 aliphatic rings. The molecule has 3 N–H and O–H groups in total. The standard InChI is InChI=1S/C41H59N3O8/c1-29(2)10-11-37(44-15-13-33(26-38(44)46)12-14-43(6)16-18-50-20-22-52-23-21-51-19-17-45)41(49)42-36(28-39(47)48)34-8-7-9-35(27-34)40-31(4)24-30(3)25-32(40)5/h7-9,13,15,24-27,29,36-37,45H,10-12,14,16-23,28H2,1-6H3,(H,42,49)(H,47,48)/t36-,37?/m0/s1. The minimum atomic E-state index is -1.03. The third-order valence-electron chi connectivity index (χ3n) is 9.00. The lowest BCUT2D eigenvalue weighted by Gasteiger charge is -2.25. The van der Waals surface area contributed by atoms with E-state index in [9.17, 15) is 19.5 Å². The summed E-state index contributed by atoms with van der Waals surface area (Å²) >= 11 is 0. The van der Waals surface area contributed by atoms with E-state index in [2.05, 4.69) is 57.0 Å². The molecule has 0 spiro atoms. The largest absolute Gasteiger partial charge is 0.481 e. The fraction of sp³-hybridized carbons (Fsp3) is 0.537. The van der Waals surface area contributed by atoms with E-state index in [1.54, 1.807) is 12.3 Å². The van der Waals surface area contributed by atoms with E-state index in [0.717, 1.165) is 47.3 Å². The number of aryl methyl sites for hydroxylation is 3. The van der Waals surface area contributed by atoms with Crippen molar-refractivity contribution >= 4 is 11.9 Å². The second-order valence-corrected chi connectivity index (χ2v) is 13.9. The number of aromatic nitrogens is 1. The number of amides is 1. The van der Waals surface area contributed by atoms with Crippen molar-refractivity contribution in [2.45, 2.75) is 72.4 Å². The molecule has 0 aliphatic heterocycles. The number of nitrogens with zero attached hydrogens (tertiary/aromatic N) is 2. The van der Waals surface area contributed by atoms with Gasteiger partial charge in [-0.2, -0.15) is 0 Å². The molecule has 1 unspecified atom stereocenters. The predicted octanol–water partition coefficient (Wildman–Crippen LogP) is 5.27. The smallest absolute Gasteiger partial charge is 0.305 e. The van der Waals surface area contributed by atoms with Crippen molar-refractivity contribution < 1.29 is 34.0 Å². The van der Waals surface area contributed by atoms with Crippen LogP contribution in [0.25, 0.3) is 11.1 Å². The van der Waals surface area contributed by atoms with Gasteiger partial charge in [0, 0.05) is 25.4 Å². The molecular weight excluding hydrogens is 662 g/mol. The fourth-order valence-electron chi connectivity index (χ4n) is 6.33. The lowest BCUT2D eigenvalue weighted by Crippen LogP contribution is -2.39. The highest BCUT2D eigenvalue weighted by molar-refractivity contribution is 5.82. The van der Waals surface area contributed by atoms with Crippen molar-refractivity contribution in [1.82, 2.24) is 14.8 Å². The van der Waals surface area contributed by atoms with Crippen molar-refractivity contribution in [3.63, 3.8) is 0 Å². The number of likely N-dealkylation sites (N-methyl/N-ethyl adjacent to an activating group) is 1. The number of carbonyl (C=O) groups excluding carboxylic acids is 1. The van der Waals surface area contributed by atoms with Crippen LogP contribution in [0.15, 0.2) is 59.5 Å². The van der Waals surface area contributed by atoms with Crippen LogP contribution in [-0.4, -0.2) is 97.9 Å². The third-order valence-corrected chi connectivity index (χ3v) is 9.00. The van der Waals surface area contributed by atoms with Crippen LogP contribution in [-0.2, 0) is 30.2 Å². The van der Waals surface area contributed by atoms with E-state index in [1.165, 1.54) is 10.1 Å². The van der Waals surface area contributed by atoms with Crippen LogP contribution in [0.5, 0.6) is 0 Å². The van der Waals surface area contributed by atoms with Crippen molar-refractivity contribution in [2.24, 2.45) is 5.92 Å². The number of aliphatic hydroxyl groups is 1. The van der Waals surface area contributed by atoms with Gasteiger partial charge in [0.05, 0.1) is 58.7 Å². The maximum atomic E-state index is 14.0. The van der Waals surface area contributed by atoms with Gasteiger partial charge in [0.25, 0.3) is 5.56 Å². The number of nitrogens with one attached hydrogen (secondary N) is 1. The van der Waals surface area contributed by atoms with Gasteiger partial charge in [0.2, 0.25) is 5.91 Å². The molecule has 2 aromatic carbocycles. The lowest BCUT2D eigenvalue weighted by atomic mass is 9.91. The van der Waals surface area contributed by atoms with E-state index in [-0.39, 0.29) is 24.5 Å². The molecule has 0 fully saturated rings. The molecular formula is C41H59N3O8. The normalized spacial score (nSPS) is 12.7. The Hall–Kier alpha value is -3.87. The molecule has 0 saturated heterocycles. The Kier molecular flexibility index (Phi) is 18.2. The summed E-state index contributed by atoms with van der Waals surface area (Å²) in [5.74, 6) is -1.10. The summed E-state index contributed by atoms with van der Waals surface area (Å²) in [5, 5.41) is 21.6. The zero-order chi connectivity index (χ0) is 38.0. The molecule has 2 atom stereocenters. The minimum absolute atomic E-state index is 0.000576. The summed E-state index contributed by atoms with van der Waals surface area (Å²) in [7, 11) is 2.00. The monoisotopic (exact) mass is 721 g/mol. The highest BCUT2D eigenvalue weighted by atomic mass is 16.5. The summed E-state index contributed by atoms with van der Waals surface area (Å²) in [6, 6.07) is 13.9. The number of hydrogen-bond donors (Lipinski definition) is 3. The van der Waals surface area contributed by atoms with Gasteiger partial charge in [0.1, 0.15) is 6.04 Å². The van der Waals surface area contributed by atoms with Gasteiger partial charge in [0.15, 0.2) is 0 Å². The molecule has 1 aromatic heterocycles. The second-order valence-electron chi connectivity index (χ2n) is 13.9. The van der Waals surface area contributed by atoms with Gasteiger partial charge in [-0.1, -0.05) is 49.7 Å². The number of carbonyl (C=O) groups is 2. The van der Waals surface area contributed by atoms with Crippen LogP contribution in [0.3, 0.4) is 0 Å². The predicted molar refractivity (Wildman–Crippen MR) is 204 cm³/mol. The first-order chi connectivity index (χ1) is 24.9. The van der Waals surface area contributed by atoms with Crippen LogP contribution in [0.4, 0.5) is 0 Å². The number of carboxylic acids is 1. The highest BCUT2D eigenvalue weighted by Gasteiger charge is 2.26. The van der Waals surface area contributed by atoms with E-state index in [1.807, 2.05) is 37.4 Å². The van der Waals surface area contributed by atoms with Crippen molar-refractivity contribution in [3.05, 3.63) is 92.9 Å². The Bertz CT molecular complexity index is 1600. The molecule has 1 heterocycles. The number of hydrogen-bond acceptors (Lipinski definition) is 8. The van der Waals surface area contributed by atoms with E-state index in [4.69, 9.17) is 19.3 Å². The summed E-state index contributed by atoms with van der Waals surface area (Å²) in [4.78, 5) is 41.7. The molecule has 0 bridgehead atoms. The first kappa shape index (κ1) is 42.5. The SMILES string of the molecule is Cc1cc(C)c(-c2cccc([C@H](CC(=O)O)NC(=O)C(CCC(C)C)n3ccc(CCN(C)CCOCCOCCOCCO)cc3=O)c2)c(C)c1. The molecule has 1 amide bonds. The third kappa shape index (κ3) is 14.3. The Morgan fingerprint density at radius 1 is 0.865 bits per heavy atom. The van der Waals surface area contributed by atoms with E-state index >= 15 is 0 Å². The number of carboxylic acid groups (broad SMARTS) is 1. The van der Waals surface area contributed by atoms with Crippen molar-refractivity contribution in [1.29, 1.82) is 0 Å². The van der Waals surface area contributed by atoms with Crippen LogP contribution in [0.1, 0.15) is 73.0 Å². The number of pyridine rings is 1. The van der Waals surface area contributed by atoms with Gasteiger partial charge >= 0.3 is 5.97 Å². The average molecular weight is 722 g/mol. The lowest BCUT2D eigenvalue weighted by molar-refractivity contribution is -0.138. The topological polar surface area (TPSA) is 140 Å². The molecule has 3 aromatic rings. The van der Waals surface area contributed by atoms with Gasteiger partial charge in [-0.05, 0) is 98.5 Å². The zero-order valence-electron chi connectivity index (χ0n) is 31.9. The molecule has 52 heavy (non-hydrogen) atoms. The van der Waals surface area contributed by atoms with E-state index in [0.29, 0.717) is 64.0 Å². The van der Waals surface area contributed by atoms with Crippen LogP contribution in [0, 0.1) is 26.7 Å². The maximum absolute atomic E-state index is 14.0. The Labute approximate surface area is 308 Å². The number of ether oxygens (including phenoxy) is 3. The van der Waals surface area contributed by atoms with Gasteiger partial charge in [-0.15, -0.1) is 0 Å². The second kappa shape index (κ2) is 22.3. The number of benzene rings is 2. The van der Waals surface area contributed by atoms with E-state index < -0.39 is 18.1 Å². The first-order valence-electron chi connectivity index (χ1n) is 18.3. The molecule has 0 radical (unpaired) electrons. The fourth-order valence-corrected chi connectivity index (χ4v) is 6.33. The molecule has 0 aliphatic carbocycles. The Balaban J connectivity index is 1.67. The molecule has 3 rings (SSSR count). The van der Waals surface area contributed by atoms with Gasteiger partial charge in [-0.3, -0.25) is 14.4 Å². The number of aliphatic hydroxyl groups excluding tert-OH is 1. The summed E-state index contributed by atoms with van der Waals surface area (Å²) < 4.78 is 17.7. The summed E-state index contributed by atoms with van der Waals surface area (Å²) in [5.41, 5.74) is 6.78. The van der Waals surface area contributed by atoms with Crippen LogP contribution in [0.2, 0.25) is 0 Å². The minimum Gasteiger partial charge on any atom is -0.481 e. The first-order valence-corrected chi connectivity index (χ1v) is 18.3. The van der Waals surface area contributed by atoms with Crippen LogP contribution >= 0.6 is 0 Å². The molecule has 11 nitrogen and oxygen atoms in total. The molecule has 286 valence electrons. The zero-order valence-corrected chi connectivity index (χ0v) is 31.9. The Morgan fingerprint density at radius 2 is 1.52 bits per heavy atom. The summed E-state index contributed by atoms with van der Waals surface area (Å²) in [6.07, 6.45) is 3.21. The average Bonchev–Trinajstić information content (AvgIpc) is 3.08. The number of aliphatic carboxylic acids is 1. The Morgan fingerprint density at radius 3 is 2.13 bits per heavy atom. The highest BCUT2D eigenvalue weighted by Crippen LogP contribution is 2.31. The molecule has 0 saturated carbocycles.